The zero-order valence-corrected chi connectivity index (χ0v) is 8.95. The minimum atomic E-state index is -0.0949. The summed E-state index contributed by atoms with van der Waals surface area (Å²) in [6.07, 6.45) is 3.41. The van der Waals surface area contributed by atoms with Gasteiger partial charge in [-0.2, -0.15) is 0 Å². The second-order valence-corrected chi connectivity index (χ2v) is 3.19. The molecule has 1 rings (SSSR count). The van der Waals surface area contributed by atoms with E-state index >= 15 is 0 Å². The van der Waals surface area contributed by atoms with Gasteiger partial charge < -0.3 is 11.1 Å². The number of carbonyl (C=O) groups is 1. The Balaban J connectivity index is 2.58. The number of hydrogen-bond acceptors (Lipinski definition) is 3. The third kappa shape index (κ3) is 3.09. The Morgan fingerprint density at radius 1 is 1.67 bits per heavy atom. The minimum Gasteiger partial charge on any atom is -0.397 e. The van der Waals surface area contributed by atoms with Crippen LogP contribution in [0.15, 0.2) is 30.0 Å². The highest BCUT2D eigenvalue weighted by Crippen LogP contribution is 2.06. The Morgan fingerprint density at radius 3 is 3.00 bits per heavy atom. The van der Waals surface area contributed by atoms with Crippen molar-refractivity contribution >= 4 is 11.6 Å². The highest BCUT2D eigenvalue weighted by Gasteiger charge is 2.04. The first-order chi connectivity index (χ1) is 7.15. The van der Waals surface area contributed by atoms with Crippen molar-refractivity contribution in [2.24, 2.45) is 0 Å². The number of anilines is 1. The van der Waals surface area contributed by atoms with Gasteiger partial charge in [-0.25, -0.2) is 0 Å². The van der Waals surface area contributed by atoms with Gasteiger partial charge in [-0.3, -0.25) is 9.78 Å². The SMILES string of the molecule is C/C=C(\C)C(=O)NCc1ncccc1N. The van der Waals surface area contributed by atoms with E-state index in [1.165, 1.54) is 0 Å². The van der Waals surface area contributed by atoms with Crippen molar-refractivity contribution < 1.29 is 4.79 Å². The molecular weight excluding hydrogens is 190 g/mol. The molecule has 0 bridgehead atoms. The van der Waals surface area contributed by atoms with Crippen molar-refractivity contribution in [1.82, 2.24) is 10.3 Å². The normalized spacial score (nSPS) is 11.2. The van der Waals surface area contributed by atoms with Crippen molar-refractivity contribution in [1.29, 1.82) is 0 Å². The molecule has 1 amide bonds. The number of rotatable bonds is 3. The van der Waals surface area contributed by atoms with Crippen LogP contribution < -0.4 is 11.1 Å². The molecule has 0 aromatic carbocycles. The number of aromatic nitrogens is 1. The molecule has 0 fully saturated rings. The maximum Gasteiger partial charge on any atom is 0.246 e. The zero-order chi connectivity index (χ0) is 11.3. The fraction of sp³-hybridized carbons (Fsp3) is 0.273. The summed E-state index contributed by atoms with van der Waals surface area (Å²) in [6.45, 7) is 3.94. The summed E-state index contributed by atoms with van der Waals surface area (Å²) in [5.41, 5.74) is 7.65. The van der Waals surface area contributed by atoms with Crippen LogP contribution in [0, 0.1) is 0 Å². The van der Waals surface area contributed by atoms with Gasteiger partial charge in [-0.1, -0.05) is 6.08 Å². The van der Waals surface area contributed by atoms with Crippen molar-refractivity contribution in [3.8, 4) is 0 Å². The molecule has 0 aliphatic heterocycles. The number of nitrogen functional groups attached to an aromatic ring is 1. The predicted molar refractivity (Wildman–Crippen MR) is 59.9 cm³/mol. The lowest BCUT2D eigenvalue weighted by Gasteiger charge is -2.06. The molecule has 4 heteroatoms. The molecule has 0 unspecified atom stereocenters. The summed E-state index contributed by atoms with van der Waals surface area (Å²) >= 11 is 0. The van der Waals surface area contributed by atoms with Crippen LogP contribution in [0.25, 0.3) is 0 Å². The van der Waals surface area contributed by atoms with E-state index in [9.17, 15) is 4.79 Å². The summed E-state index contributed by atoms with van der Waals surface area (Å²) in [4.78, 5) is 15.5. The van der Waals surface area contributed by atoms with Gasteiger partial charge in [0.2, 0.25) is 5.91 Å². The quantitative estimate of drug-likeness (QED) is 0.730. The lowest BCUT2D eigenvalue weighted by molar-refractivity contribution is -0.117. The molecule has 4 nitrogen and oxygen atoms in total. The fourth-order valence-electron chi connectivity index (χ4n) is 1.03. The van der Waals surface area contributed by atoms with Gasteiger partial charge in [0.15, 0.2) is 0 Å². The van der Waals surface area contributed by atoms with Crippen LogP contribution in [-0.4, -0.2) is 10.9 Å². The lowest BCUT2D eigenvalue weighted by Crippen LogP contribution is -2.24. The first-order valence-electron chi connectivity index (χ1n) is 4.75. The number of allylic oxidation sites excluding steroid dienone is 1. The summed E-state index contributed by atoms with van der Waals surface area (Å²) in [7, 11) is 0. The van der Waals surface area contributed by atoms with E-state index in [-0.39, 0.29) is 5.91 Å². The molecule has 15 heavy (non-hydrogen) atoms. The van der Waals surface area contributed by atoms with Crippen LogP contribution in [0.3, 0.4) is 0 Å². The fourth-order valence-corrected chi connectivity index (χ4v) is 1.03. The van der Waals surface area contributed by atoms with Crippen LogP contribution in [0.4, 0.5) is 5.69 Å². The molecule has 80 valence electrons. The Bertz CT molecular complexity index is 385. The van der Waals surface area contributed by atoms with Crippen LogP contribution in [-0.2, 0) is 11.3 Å². The van der Waals surface area contributed by atoms with E-state index in [1.54, 1.807) is 31.3 Å². The number of carbonyl (C=O) groups excluding carboxylic acids is 1. The molecule has 0 spiro atoms. The number of nitrogens with zero attached hydrogens (tertiary/aromatic N) is 1. The molecule has 0 saturated carbocycles. The topological polar surface area (TPSA) is 68.0 Å². The average Bonchev–Trinajstić information content (AvgIpc) is 2.26. The highest BCUT2D eigenvalue weighted by molar-refractivity contribution is 5.92. The van der Waals surface area contributed by atoms with Crippen molar-refractivity contribution in [2.75, 3.05) is 5.73 Å². The molecule has 0 aliphatic carbocycles. The molecule has 0 saturated heterocycles. The van der Waals surface area contributed by atoms with E-state index < -0.39 is 0 Å². The third-order valence-electron chi connectivity index (χ3n) is 2.13. The monoisotopic (exact) mass is 205 g/mol. The molecule has 0 radical (unpaired) electrons. The second-order valence-electron chi connectivity index (χ2n) is 3.19. The Hall–Kier alpha value is -1.84. The van der Waals surface area contributed by atoms with Crippen LogP contribution in [0.5, 0.6) is 0 Å². The van der Waals surface area contributed by atoms with Gasteiger partial charge in [0, 0.05) is 11.8 Å². The Labute approximate surface area is 89.2 Å². The van der Waals surface area contributed by atoms with E-state index in [2.05, 4.69) is 10.3 Å². The van der Waals surface area contributed by atoms with Crippen molar-refractivity contribution in [3.05, 3.63) is 35.7 Å². The van der Waals surface area contributed by atoms with Gasteiger partial charge in [0.05, 0.1) is 17.9 Å². The third-order valence-corrected chi connectivity index (χ3v) is 2.13. The summed E-state index contributed by atoms with van der Waals surface area (Å²) in [5.74, 6) is -0.0949. The average molecular weight is 205 g/mol. The van der Waals surface area contributed by atoms with Crippen molar-refractivity contribution in [3.63, 3.8) is 0 Å². The van der Waals surface area contributed by atoms with Crippen molar-refractivity contribution in [2.45, 2.75) is 20.4 Å². The first kappa shape index (κ1) is 11.2. The minimum absolute atomic E-state index is 0.0949. The van der Waals surface area contributed by atoms with Gasteiger partial charge >= 0.3 is 0 Å². The molecule has 1 aromatic heterocycles. The number of pyridine rings is 1. The van der Waals surface area contributed by atoms with Crippen LogP contribution >= 0.6 is 0 Å². The Morgan fingerprint density at radius 2 is 2.40 bits per heavy atom. The number of nitrogens with two attached hydrogens (primary N) is 1. The lowest BCUT2D eigenvalue weighted by atomic mass is 10.2. The van der Waals surface area contributed by atoms with E-state index in [1.807, 2.05) is 6.92 Å². The maximum atomic E-state index is 11.4. The molecule has 3 N–H and O–H groups in total. The summed E-state index contributed by atoms with van der Waals surface area (Å²) in [5, 5.41) is 2.74. The van der Waals surface area contributed by atoms with Gasteiger partial charge in [0.25, 0.3) is 0 Å². The molecule has 1 aromatic rings. The Kier molecular flexibility index (Phi) is 3.85. The van der Waals surface area contributed by atoms with Crippen LogP contribution in [0.2, 0.25) is 0 Å². The van der Waals surface area contributed by atoms with E-state index in [0.717, 1.165) is 0 Å². The smallest absolute Gasteiger partial charge is 0.246 e. The van der Waals surface area contributed by atoms with Gasteiger partial charge in [-0.05, 0) is 26.0 Å². The predicted octanol–water partition coefficient (Wildman–Crippen LogP) is 1.25. The standard InChI is InChI=1S/C11H15N3O/c1-3-8(2)11(15)14-7-10-9(12)5-4-6-13-10/h3-6H,7,12H2,1-2H3,(H,14,15)/b8-3+. The first-order valence-corrected chi connectivity index (χ1v) is 4.75. The summed E-state index contributed by atoms with van der Waals surface area (Å²) in [6, 6.07) is 3.52. The second kappa shape index (κ2) is 5.14. The molecule has 0 atom stereocenters. The van der Waals surface area contributed by atoms with Gasteiger partial charge in [-0.15, -0.1) is 0 Å². The van der Waals surface area contributed by atoms with Crippen LogP contribution in [0.1, 0.15) is 19.5 Å². The molecule has 0 aliphatic rings. The number of hydrogen-bond donors (Lipinski definition) is 2. The maximum absolute atomic E-state index is 11.4. The largest absolute Gasteiger partial charge is 0.397 e. The molecular formula is C11H15N3O. The number of amides is 1. The van der Waals surface area contributed by atoms with E-state index in [4.69, 9.17) is 5.73 Å². The van der Waals surface area contributed by atoms with Gasteiger partial charge in [0.1, 0.15) is 0 Å². The zero-order valence-electron chi connectivity index (χ0n) is 8.95. The van der Waals surface area contributed by atoms with E-state index in [0.29, 0.717) is 23.5 Å². The highest BCUT2D eigenvalue weighted by atomic mass is 16.1. The molecule has 1 heterocycles. The number of nitrogens with one attached hydrogen (secondary N) is 1. The summed E-state index contributed by atoms with van der Waals surface area (Å²) < 4.78 is 0.